The van der Waals surface area contributed by atoms with Crippen molar-refractivity contribution in [3.8, 4) is 0 Å². The van der Waals surface area contributed by atoms with Crippen LogP contribution in [0.15, 0.2) is 29.2 Å². The molecular formula is C13H19NO5S. The third-order valence-electron chi connectivity index (χ3n) is 2.63. The highest BCUT2D eigenvalue weighted by molar-refractivity contribution is 7.89. The average Bonchev–Trinajstić information content (AvgIpc) is 2.44. The number of methoxy groups -OCH3 is 2. The van der Waals surface area contributed by atoms with Gasteiger partial charge in [-0.15, -0.1) is 0 Å². The van der Waals surface area contributed by atoms with Gasteiger partial charge in [0, 0.05) is 20.3 Å². The van der Waals surface area contributed by atoms with Crippen molar-refractivity contribution in [2.45, 2.75) is 17.7 Å². The van der Waals surface area contributed by atoms with Crippen molar-refractivity contribution >= 4 is 16.0 Å². The van der Waals surface area contributed by atoms with Gasteiger partial charge in [0.2, 0.25) is 10.0 Å². The van der Waals surface area contributed by atoms with E-state index in [2.05, 4.69) is 9.46 Å². The Bertz CT molecular complexity index is 524. The summed E-state index contributed by atoms with van der Waals surface area (Å²) in [5.41, 5.74) is 0.704. The maximum absolute atomic E-state index is 11.9. The molecule has 1 aromatic carbocycles. The molecule has 6 nitrogen and oxygen atoms in total. The van der Waals surface area contributed by atoms with Crippen molar-refractivity contribution in [1.29, 1.82) is 0 Å². The Morgan fingerprint density at radius 2 is 1.85 bits per heavy atom. The van der Waals surface area contributed by atoms with Gasteiger partial charge in [-0.05, 0) is 24.1 Å². The lowest BCUT2D eigenvalue weighted by molar-refractivity contribution is -0.139. The van der Waals surface area contributed by atoms with Gasteiger partial charge in [-0.3, -0.25) is 4.79 Å². The number of ether oxygens (including phenoxy) is 2. The summed E-state index contributed by atoms with van der Waals surface area (Å²) in [7, 11) is -0.639. The molecule has 0 aromatic heterocycles. The Kier molecular flexibility index (Phi) is 6.63. The Morgan fingerprint density at radius 1 is 1.20 bits per heavy atom. The second-order valence-corrected chi connectivity index (χ2v) is 5.91. The van der Waals surface area contributed by atoms with Crippen LogP contribution in [-0.4, -0.2) is 41.8 Å². The lowest BCUT2D eigenvalue weighted by Gasteiger charge is -2.07. The van der Waals surface area contributed by atoms with Gasteiger partial charge in [-0.25, -0.2) is 13.1 Å². The van der Waals surface area contributed by atoms with Gasteiger partial charge in [0.1, 0.15) is 0 Å². The summed E-state index contributed by atoms with van der Waals surface area (Å²) in [4.78, 5) is 11.3. The zero-order valence-corrected chi connectivity index (χ0v) is 12.4. The molecule has 0 aliphatic rings. The molecule has 0 unspecified atom stereocenters. The first-order chi connectivity index (χ1) is 9.49. The smallest absolute Gasteiger partial charge is 0.309 e. The van der Waals surface area contributed by atoms with Crippen molar-refractivity contribution in [2.24, 2.45) is 0 Å². The summed E-state index contributed by atoms with van der Waals surface area (Å²) < 4.78 is 35.8. The number of sulfonamides is 1. The molecule has 1 N–H and O–H groups in total. The second-order valence-electron chi connectivity index (χ2n) is 4.14. The fourth-order valence-electron chi connectivity index (χ4n) is 1.53. The van der Waals surface area contributed by atoms with Gasteiger partial charge < -0.3 is 9.47 Å². The first-order valence-corrected chi connectivity index (χ1v) is 7.62. The molecule has 7 heteroatoms. The summed E-state index contributed by atoms with van der Waals surface area (Å²) in [5.74, 6) is -0.363. The van der Waals surface area contributed by atoms with Crippen LogP contribution in [0.5, 0.6) is 0 Å². The molecule has 0 radical (unpaired) electrons. The van der Waals surface area contributed by atoms with E-state index in [1.54, 1.807) is 19.2 Å². The number of rotatable bonds is 8. The van der Waals surface area contributed by atoms with E-state index in [9.17, 15) is 13.2 Å². The van der Waals surface area contributed by atoms with E-state index in [0.29, 0.717) is 25.1 Å². The zero-order valence-electron chi connectivity index (χ0n) is 11.6. The van der Waals surface area contributed by atoms with E-state index in [-0.39, 0.29) is 17.3 Å². The highest BCUT2D eigenvalue weighted by atomic mass is 32.2. The van der Waals surface area contributed by atoms with Crippen molar-refractivity contribution in [2.75, 3.05) is 27.4 Å². The van der Waals surface area contributed by atoms with Crippen LogP contribution in [0, 0.1) is 0 Å². The molecule has 0 heterocycles. The number of hydrogen-bond acceptors (Lipinski definition) is 5. The van der Waals surface area contributed by atoms with Crippen LogP contribution in [0.3, 0.4) is 0 Å². The van der Waals surface area contributed by atoms with Crippen LogP contribution in [-0.2, 0) is 30.7 Å². The average molecular weight is 301 g/mol. The predicted octanol–water partition coefficient (Wildman–Crippen LogP) is 0.717. The molecule has 1 aromatic rings. The summed E-state index contributed by atoms with van der Waals surface area (Å²) in [5, 5.41) is 0. The monoisotopic (exact) mass is 301 g/mol. The van der Waals surface area contributed by atoms with Crippen LogP contribution < -0.4 is 4.72 Å². The van der Waals surface area contributed by atoms with Gasteiger partial charge in [0.05, 0.1) is 18.4 Å². The summed E-state index contributed by atoms with van der Waals surface area (Å²) >= 11 is 0. The van der Waals surface area contributed by atoms with Gasteiger partial charge in [-0.2, -0.15) is 0 Å². The maximum Gasteiger partial charge on any atom is 0.309 e. The summed E-state index contributed by atoms with van der Waals surface area (Å²) in [6.07, 6.45) is 0.730. The zero-order chi connectivity index (χ0) is 15.0. The quantitative estimate of drug-likeness (QED) is 0.565. The van der Waals surface area contributed by atoms with Crippen LogP contribution in [0.4, 0.5) is 0 Å². The van der Waals surface area contributed by atoms with Crippen molar-refractivity contribution in [3.63, 3.8) is 0 Å². The van der Waals surface area contributed by atoms with Gasteiger partial charge in [0.25, 0.3) is 0 Å². The Balaban J connectivity index is 2.64. The Morgan fingerprint density at radius 3 is 2.40 bits per heavy atom. The van der Waals surface area contributed by atoms with E-state index in [1.165, 1.54) is 19.2 Å². The number of carbonyl (C=O) groups excluding carboxylic acids is 1. The number of esters is 1. The topological polar surface area (TPSA) is 81.7 Å². The minimum Gasteiger partial charge on any atom is -0.469 e. The summed E-state index contributed by atoms with van der Waals surface area (Å²) in [6, 6.07) is 6.13. The third kappa shape index (κ3) is 5.28. The number of nitrogens with one attached hydrogen (secondary N) is 1. The van der Waals surface area contributed by atoms with Crippen LogP contribution in [0.25, 0.3) is 0 Å². The standard InChI is InChI=1S/C13H19NO5S/c1-18-9-3-8-14-20(16,17)12-6-4-11(5-7-12)10-13(15)19-2/h4-7,14H,3,8-10H2,1-2H3. The molecule has 0 atom stereocenters. The highest BCUT2D eigenvalue weighted by Gasteiger charge is 2.13. The molecule has 0 saturated heterocycles. The van der Waals surface area contributed by atoms with E-state index in [4.69, 9.17) is 4.74 Å². The second kappa shape index (κ2) is 7.98. The number of hydrogen-bond donors (Lipinski definition) is 1. The highest BCUT2D eigenvalue weighted by Crippen LogP contribution is 2.11. The van der Waals surface area contributed by atoms with Crippen LogP contribution >= 0.6 is 0 Å². The van der Waals surface area contributed by atoms with E-state index in [1.807, 2.05) is 0 Å². The van der Waals surface area contributed by atoms with Crippen molar-refractivity contribution < 1.29 is 22.7 Å². The van der Waals surface area contributed by atoms with Gasteiger partial charge >= 0.3 is 5.97 Å². The first-order valence-electron chi connectivity index (χ1n) is 6.14. The number of benzene rings is 1. The molecule has 0 aliphatic heterocycles. The Hall–Kier alpha value is -1.44. The normalized spacial score (nSPS) is 11.3. The van der Waals surface area contributed by atoms with Crippen LogP contribution in [0.1, 0.15) is 12.0 Å². The minimum atomic E-state index is -3.51. The molecule has 0 aliphatic carbocycles. The molecular weight excluding hydrogens is 282 g/mol. The first kappa shape index (κ1) is 16.6. The maximum atomic E-state index is 11.9. The molecule has 0 bridgehead atoms. The molecule has 20 heavy (non-hydrogen) atoms. The molecule has 0 spiro atoms. The summed E-state index contributed by atoms with van der Waals surface area (Å²) in [6.45, 7) is 0.820. The van der Waals surface area contributed by atoms with Gasteiger partial charge in [0.15, 0.2) is 0 Å². The van der Waals surface area contributed by atoms with Crippen LogP contribution in [0.2, 0.25) is 0 Å². The molecule has 0 fully saturated rings. The largest absolute Gasteiger partial charge is 0.469 e. The SMILES string of the molecule is COCCCNS(=O)(=O)c1ccc(CC(=O)OC)cc1. The fourth-order valence-corrected chi connectivity index (χ4v) is 2.61. The van der Waals surface area contributed by atoms with Gasteiger partial charge in [-0.1, -0.05) is 12.1 Å². The third-order valence-corrected chi connectivity index (χ3v) is 4.10. The van der Waals surface area contributed by atoms with Crippen molar-refractivity contribution in [3.05, 3.63) is 29.8 Å². The van der Waals surface area contributed by atoms with Crippen molar-refractivity contribution in [1.82, 2.24) is 4.72 Å². The molecule has 112 valence electrons. The lowest BCUT2D eigenvalue weighted by Crippen LogP contribution is -2.25. The van der Waals surface area contributed by atoms with E-state index < -0.39 is 10.0 Å². The predicted molar refractivity (Wildman–Crippen MR) is 73.8 cm³/mol. The minimum absolute atomic E-state index is 0.123. The van der Waals surface area contributed by atoms with E-state index in [0.717, 1.165) is 0 Å². The Labute approximate surface area is 119 Å². The molecule has 1 rings (SSSR count). The fraction of sp³-hybridized carbons (Fsp3) is 0.462. The molecule has 0 saturated carbocycles. The lowest BCUT2D eigenvalue weighted by atomic mass is 10.2. The molecule has 0 amide bonds. The number of carbonyl (C=O) groups is 1. The van der Waals surface area contributed by atoms with E-state index >= 15 is 0 Å².